The van der Waals surface area contributed by atoms with Crippen molar-refractivity contribution in [2.75, 3.05) is 10.2 Å². The van der Waals surface area contributed by atoms with Gasteiger partial charge in [0.1, 0.15) is 5.70 Å². The molecule has 4 rings (SSSR count). The maximum Gasteiger partial charge on any atom is 0.282 e. The number of carbonyl (C=O) groups is 2. The highest BCUT2D eigenvalue weighted by atomic mass is 35.5. The summed E-state index contributed by atoms with van der Waals surface area (Å²) >= 11 is 18.1. The first-order chi connectivity index (χ1) is 14.3. The van der Waals surface area contributed by atoms with E-state index in [1.165, 1.54) is 0 Å². The highest BCUT2D eigenvalue weighted by Gasteiger charge is 2.40. The molecule has 0 aliphatic carbocycles. The molecule has 0 bridgehead atoms. The number of carbonyl (C=O) groups excluding carboxylic acids is 2. The quantitative estimate of drug-likeness (QED) is 0.464. The van der Waals surface area contributed by atoms with Crippen LogP contribution in [0.25, 0.3) is 5.57 Å². The van der Waals surface area contributed by atoms with E-state index in [2.05, 4.69) is 5.32 Å². The van der Waals surface area contributed by atoms with E-state index in [9.17, 15) is 9.59 Å². The molecule has 1 aliphatic heterocycles. The topological polar surface area (TPSA) is 49.4 Å². The van der Waals surface area contributed by atoms with Crippen LogP contribution < -0.4 is 10.2 Å². The Hall–Kier alpha value is -2.79. The maximum absolute atomic E-state index is 13.4. The molecule has 0 unspecified atom stereocenters. The smallest absolute Gasteiger partial charge is 0.282 e. The zero-order valence-corrected chi connectivity index (χ0v) is 18.0. The van der Waals surface area contributed by atoms with E-state index < -0.39 is 11.8 Å². The van der Waals surface area contributed by atoms with Crippen molar-refractivity contribution in [2.45, 2.75) is 6.92 Å². The Labute approximate surface area is 188 Å². The minimum absolute atomic E-state index is 0.169. The summed E-state index contributed by atoms with van der Waals surface area (Å²) in [5.41, 5.74) is 2.96. The lowest BCUT2D eigenvalue weighted by molar-refractivity contribution is -0.120. The van der Waals surface area contributed by atoms with Crippen molar-refractivity contribution < 1.29 is 9.59 Å². The molecule has 1 N–H and O–H groups in total. The number of benzene rings is 3. The number of aryl methyl sites for hydroxylation is 1. The monoisotopic (exact) mass is 456 g/mol. The van der Waals surface area contributed by atoms with Crippen LogP contribution in [0.4, 0.5) is 11.4 Å². The fourth-order valence-corrected chi connectivity index (χ4v) is 3.64. The third kappa shape index (κ3) is 3.82. The van der Waals surface area contributed by atoms with Gasteiger partial charge in [-0.05, 0) is 66.6 Å². The van der Waals surface area contributed by atoms with Crippen molar-refractivity contribution >= 4 is 63.6 Å². The van der Waals surface area contributed by atoms with Gasteiger partial charge < -0.3 is 5.32 Å². The Morgan fingerprint density at radius 3 is 1.93 bits per heavy atom. The summed E-state index contributed by atoms with van der Waals surface area (Å²) in [6.07, 6.45) is 0. The van der Waals surface area contributed by atoms with Gasteiger partial charge in [-0.1, -0.05) is 53.0 Å². The average molecular weight is 458 g/mol. The SMILES string of the molecule is Cc1ccc(Cl)cc1NC1=C(c2ccc(Cl)cc2)C(=O)N(c2ccc(Cl)cc2)C1=O. The van der Waals surface area contributed by atoms with Crippen LogP contribution in [0.1, 0.15) is 11.1 Å². The zero-order chi connectivity index (χ0) is 21.4. The van der Waals surface area contributed by atoms with Crippen molar-refractivity contribution in [3.63, 3.8) is 0 Å². The van der Waals surface area contributed by atoms with Crippen molar-refractivity contribution in [1.29, 1.82) is 0 Å². The molecule has 0 atom stereocenters. The Bertz CT molecular complexity index is 1190. The molecule has 3 aromatic carbocycles. The normalized spacial score (nSPS) is 13.9. The van der Waals surface area contributed by atoms with Gasteiger partial charge in [-0.2, -0.15) is 0 Å². The summed E-state index contributed by atoms with van der Waals surface area (Å²) in [5, 5.41) is 4.69. The molecule has 0 fully saturated rings. The largest absolute Gasteiger partial charge is 0.350 e. The van der Waals surface area contributed by atoms with E-state index in [0.717, 1.165) is 10.5 Å². The molecule has 0 saturated heterocycles. The van der Waals surface area contributed by atoms with Gasteiger partial charge in [-0.3, -0.25) is 9.59 Å². The predicted octanol–water partition coefficient (Wildman–Crippen LogP) is 6.35. The van der Waals surface area contributed by atoms with Crippen LogP contribution in [-0.2, 0) is 9.59 Å². The lowest BCUT2D eigenvalue weighted by Crippen LogP contribution is -2.32. The minimum Gasteiger partial charge on any atom is -0.350 e. The van der Waals surface area contributed by atoms with Crippen molar-refractivity contribution in [1.82, 2.24) is 0 Å². The number of halogens is 3. The summed E-state index contributed by atoms with van der Waals surface area (Å²) < 4.78 is 0. The zero-order valence-electron chi connectivity index (χ0n) is 15.7. The summed E-state index contributed by atoms with van der Waals surface area (Å²) in [6.45, 7) is 1.89. The molecule has 3 aromatic rings. The number of hydrogen-bond donors (Lipinski definition) is 1. The molecule has 150 valence electrons. The van der Waals surface area contributed by atoms with Gasteiger partial charge in [0.25, 0.3) is 11.8 Å². The average Bonchev–Trinajstić information content (AvgIpc) is 2.96. The number of rotatable bonds is 4. The molecule has 2 amide bonds. The van der Waals surface area contributed by atoms with E-state index in [1.807, 2.05) is 13.0 Å². The molecule has 0 spiro atoms. The van der Waals surface area contributed by atoms with Crippen LogP contribution in [0.5, 0.6) is 0 Å². The van der Waals surface area contributed by atoms with Gasteiger partial charge in [0.15, 0.2) is 0 Å². The Kier molecular flexibility index (Phi) is 5.56. The lowest BCUT2D eigenvalue weighted by atomic mass is 10.0. The summed E-state index contributed by atoms with van der Waals surface area (Å²) in [4.78, 5) is 27.8. The maximum atomic E-state index is 13.4. The summed E-state index contributed by atoms with van der Waals surface area (Å²) in [7, 11) is 0. The van der Waals surface area contributed by atoms with Crippen LogP contribution in [0.2, 0.25) is 15.1 Å². The van der Waals surface area contributed by atoms with E-state index in [1.54, 1.807) is 60.7 Å². The van der Waals surface area contributed by atoms with Gasteiger partial charge in [0.05, 0.1) is 11.3 Å². The Balaban J connectivity index is 1.84. The van der Waals surface area contributed by atoms with Crippen molar-refractivity contribution in [3.8, 4) is 0 Å². The van der Waals surface area contributed by atoms with Gasteiger partial charge >= 0.3 is 0 Å². The number of nitrogens with zero attached hydrogens (tertiary/aromatic N) is 1. The van der Waals surface area contributed by atoms with Crippen LogP contribution >= 0.6 is 34.8 Å². The molecule has 1 heterocycles. The highest BCUT2D eigenvalue weighted by molar-refractivity contribution is 6.46. The Morgan fingerprint density at radius 2 is 1.30 bits per heavy atom. The van der Waals surface area contributed by atoms with Crippen molar-refractivity contribution in [3.05, 3.63) is 98.6 Å². The first kappa shape index (κ1) is 20.5. The van der Waals surface area contributed by atoms with E-state index in [0.29, 0.717) is 32.0 Å². The molecule has 0 saturated carbocycles. The molecule has 1 aliphatic rings. The number of imide groups is 1. The predicted molar refractivity (Wildman–Crippen MR) is 122 cm³/mol. The third-order valence-electron chi connectivity index (χ3n) is 4.76. The molecule has 30 heavy (non-hydrogen) atoms. The van der Waals surface area contributed by atoms with Crippen LogP contribution in [0, 0.1) is 6.92 Å². The number of anilines is 2. The fourth-order valence-electron chi connectivity index (χ4n) is 3.22. The molecule has 7 heteroatoms. The first-order valence-corrected chi connectivity index (χ1v) is 10.2. The molecule has 0 aromatic heterocycles. The van der Waals surface area contributed by atoms with Gasteiger partial charge in [-0.25, -0.2) is 4.90 Å². The minimum atomic E-state index is -0.466. The number of hydrogen-bond acceptors (Lipinski definition) is 3. The second-order valence-electron chi connectivity index (χ2n) is 6.76. The third-order valence-corrected chi connectivity index (χ3v) is 5.50. The van der Waals surface area contributed by atoms with E-state index in [4.69, 9.17) is 34.8 Å². The van der Waals surface area contributed by atoms with Crippen molar-refractivity contribution in [2.24, 2.45) is 0 Å². The Morgan fingerprint density at radius 1 is 0.733 bits per heavy atom. The molecular formula is C23H15Cl3N2O2. The van der Waals surface area contributed by atoms with E-state index >= 15 is 0 Å². The van der Waals surface area contributed by atoms with Crippen LogP contribution in [0.3, 0.4) is 0 Å². The molecule has 0 radical (unpaired) electrons. The van der Waals surface area contributed by atoms with Gasteiger partial charge in [0.2, 0.25) is 0 Å². The second-order valence-corrected chi connectivity index (χ2v) is 8.07. The number of nitrogens with one attached hydrogen (secondary N) is 1. The molecular weight excluding hydrogens is 443 g/mol. The number of amides is 2. The molecule has 4 nitrogen and oxygen atoms in total. The van der Waals surface area contributed by atoms with Gasteiger partial charge in [-0.15, -0.1) is 0 Å². The first-order valence-electron chi connectivity index (χ1n) is 9.03. The van der Waals surface area contributed by atoms with Crippen LogP contribution in [0.15, 0.2) is 72.4 Å². The summed E-state index contributed by atoms with van der Waals surface area (Å²) in [5.74, 6) is -0.904. The van der Waals surface area contributed by atoms with Crippen LogP contribution in [-0.4, -0.2) is 11.8 Å². The highest BCUT2D eigenvalue weighted by Crippen LogP contribution is 2.35. The van der Waals surface area contributed by atoms with E-state index in [-0.39, 0.29) is 11.3 Å². The lowest BCUT2D eigenvalue weighted by Gasteiger charge is -2.16. The second kappa shape index (κ2) is 8.15. The van der Waals surface area contributed by atoms with Gasteiger partial charge in [0, 0.05) is 20.8 Å². The fraction of sp³-hybridized carbons (Fsp3) is 0.0435. The summed E-state index contributed by atoms with van der Waals surface area (Å²) in [6, 6.07) is 18.6. The standard InChI is InChI=1S/C23H15Cl3N2O2/c1-13-2-5-17(26)12-19(13)27-21-20(14-3-6-15(24)7-4-14)22(29)28(23(21)30)18-10-8-16(25)9-11-18/h2-12,27H,1H3.